The third-order valence-corrected chi connectivity index (χ3v) is 2.97. The molecular weight excluding hydrogens is 233 g/mol. The first-order chi connectivity index (χ1) is 6.59. The van der Waals surface area contributed by atoms with E-state index in [1.807, 2.05) is 25.1 Å². The number of hydrogen-bond donors (Lipinski definition) is 1. The summed E-state index contributed by atoms with van der Waals surface area (Å²) in [7, 11) is 0. The van der Waals surface area contributed by atoms with Gasteiger partial charge < -0.3 is 10.5 Å². The largest absolute Gasteiger partial charge is 0.492 e. The maximum atomic E-state index is 5.97. The van der Waals surface area contributed by atoms with Gasteiger partial charge in [-0.15, -0.1) is 12.4 Å². The molecule has 0 unspecified atom stereocenters. The molecule has 4 heteroatoms. The van der Waals surface area contributed by atoms with Crippen LogP contribution in [0.5, 0.6) is 5.75 Å². The lowest BCUT2D eigenvalue weighted by Crippen LogP contribution is -2.29. The van der Waals surface area contributed by atoms with Gasteiger partial charge in [0.1, 0.15) is 12.4 Å². The van der Waals surface area contributed by atoms with Crippen LogP contribution >= 0.6 is 24.0 Å². The molecular formula is C11H15Cl2NO. The van der Waals surface area contributed by atoms with Crippen molar-refractivity contribution in [2.45, 2.75) is 25.3 Å². The van der Waals surface area contributed by atoms with Crippen molar-refractivity contribution in [1.29, 1.82) is 0 Å². The highest BCUT2D eigenvalue weighted by molar-refractivity contribution is 6.31. The average molecular weight is 248 g/mol. The zero-order valence-electron chi connectivity index (χ0n) is 8.63. The van der Waals surface area contributed by atoms with Crippen molar-refractivity contribution < 1.29 is 4.74 Å². The summed E-state index contributed by atoms with van der Waals surface area (Å²) in [6.45, 7) is 2.56. The van der Waals surface area contributed by atoms with Crippen LogP contribution in [0.3, 0.4) is 0 Å². The Balaban J connectivity index is 0.00000112. The highest BCUT2D eigenvalue weighted by Gasteiger charge is 2.39. The van der Waals surface area contributed by atoms with Crippen molar-refractivity contribution >= 4 is 24.0 Å². The quantitative estimate of drug-likeness (QED) is 0.892. The van der Waals surface area contributed by atoms with Crippen LogP contribution in [0.2, 0.25) is 5.02 Å². The number of aryl methyl sites for hydroxylation is 1. The highest BCUT2D eigenvalue weighted by Crippen LogP contribution is 2.33. The minimum Gasteiger partial charge on any atom is -0.492 e. The smallest absolute Gasteiger partial charge is 0.120 e. The van der Waals surface area contributed by atoms with E-state index < -0.39 is 0 Å². The Hall–Kier alpha value is -0.440. The Morgan fingerprint density at radius 2 is 2.13 bits per heavy atom. The molecule has 0 atom stereocenters. The molecule has 0 radical (unpaired) electrons. The van der Waals surface area contributed by atoms with Crippen LogP contribution in [-0.2, 0) is 0 Å². The molecule has 1 saturated carbocycles. The van der Waals surface area contributed by atoms with E-state index in [2.05, 4.69) is 0 Å². The molecule has 1 fully saturated rings. The van der Waals surface area contributed by atoms with Gasteiger partial charge in [-0.1, -0.05) is 17.7 Å². The number of hydrogen-bond acceptors (Lipinski definition) is 2. The lowest BCUT2D eigenvalue weighted by atomic mass is 10.2. The van der Waals surface area contributed by atoms with Gasteiger partial charge in [0, 0.05) is 5.02 Å². The van der Waals surface area contributed by atoms with E-state index in [0.29, 0.717) is 6.61 Å². The van der Waals surface area contributed by atoms with Gasteiger partial charge in [0.15, 0.2) is 0 Å². The molecule has 1 aromatic rings. The van der Waals surface area contributed by atoms with Crippen LogP contribution < -0.4 is 10.5 Å². The van der Waals surface area contributed by atoms with Crippen LogP contribution in [0, 0.1) is 6.92 Å². The Kier molecular flexibility index (Phi) is 3.87. The van der Waals surface area contributed by atoms with Crippen LogP contribution in [-0.4, -0.2) is 12.1 Å². The minimum atomic E-state index is -0.0721. The zero-order chi connectivity index (χ0) is 10.2. The summed E-state index contributed by atoms with van der Waals surface area (Å²) >= 11 is 5.97. The maximum Gasteiger partial charge on any atom is 0.120 e. The fourth-order valence-electron chi connectivity index (χ4n) is 1.20. The zero-order valence-corrected chi connectivity index (χ0v) is 10.2. The molecule has 84 valence electrons. The fraction of sp³-hybridized carbons (Fsp3) is 0.455. The van der Waals surface area contributed by atoms with E-state index in [1.165, 1.54) is 0 Å². The first-order valence-electron chi connectivity index (χ1n) is 4.77. The summed E-state index contributed by atoms with van der Waals surface area (Å²) in [5.74, 6) is 0.803. The predicted octanol–water partition coefficient (Wildman–Crippen LogP) is 2.94. The summed E-state index contributed by atoms with van der Waals surface area (Å²) in [6, 6.07) is 5.71. The van der Waals surface area contributed by atoms with E-state index >= 15 is 0 Å². The summed E-state index contributed by atoms with van der Waals surface area (Å²) in [6.07, 6.45) is 2.12. The maximum absolute atomic E-state index is 5.97. The second-order valence-corrected chi connectivity index (χ2v) is 4.47. The van der Waals surface area contributed by atoms with Crippen molar-refractivity contribution in [3.05, 3.63) is 28.8 Å². The standard InChI is InChI=1S/C11H14ClNO.ClH/c1-8-2-3-9(6-10(8)12)14-7-11(13)4-5-11;/h2-3,6H,4-5,7,13H2,1H3;1H. The molecule has 2 rings (SSSR count). The Morgan fingerprint density at radius 3 is 2.67 bits per heavy atom. The summed E-state index contributed by atoms with van der Waals surface area (Å²) in [5.41, 5.74) is 6.90. The molecule has 1 aromatic carbocycles. The number of ether oxygens (including phenoxy) is 1. The van der Waals surface area contributed by atoms with Gasteiger partial charge in [0.05, 0.1) is 5.54 Å². The highest BCUT2D eigenvalue weighted by atomic mass is 35.5. The first-order valence-corrected chi connectivity index (χ1v) is 5.15. The van der Waals surface area contributed by atoms with Crippen molar-refractivity contribution in [2.24, 2.45) is 5.73 Å². The monoisotopic (exact) mass is 247 g/mol. The molecule has 0 saturated heterocycles. The number of nitrogens with two attached hydrogens (primary N) is 1. The molecule has 0 aromatic heterocycles. The molecule has 1 aliphatic carbocycles. The summed E-state index contributed by atoms with van der Waals surface area (Å²) in [4.78, 5) is 0. The van der Waals surface area contributed by atoms with Gasteiger partial charge in [-0.25, -0.2) is 0 Å². The average Bonchev–Trinajstić information content (AvgIpc) is 2.87. The van der Waals surface area contributed by atoms with Crippen LogP contribution in [0.1, 0.15) is 18.4 Å². The van der Waals surface area contributed by atoms with Gasteiger partial charge >= 0.3 is 0 Å². The lowest BCUT2D eigenvalue weighted by Gasteiger charge is -2.11. The second-order valence-electron chi connectivity index (χ2n) is 4.06. The van der Waals surface area contributed by atoms with Crippen LogP contribution in [0.25, 0.3) is 0 Å². The van der Waals surface area contributed by atoms with E-state index in [9.17, 15) is 0 Å². The van der Waals surface area contributed by atoms with Crippen molar-refractivity contribution in [2.75, 3.05) is 6.61 Å². The van der Waals surface area contributed by atoms with E-state index in [4.69, 9.17) is 22.1 Å². The number of benzene rings is 1. The molecule has 1 aliphatic rings. The van der Waals surface area contributed by atoms with Gasteiger partial charge in [0.2, 0.25) is 0 Å². The van der Waals surface area contributed by atoms with Crippen molar-refractivity contribution in [3.8, 4) is 5.75 Å². The Morgan fingerprint density at radius 1 is 1.47 bits per heavy atom. The Bertz CT molecular complexity index is 350. The lowest BCUT2D eigenvalue weighted by molar-refractivity contribution is 0.279. The molecule has 0 aliphatic heterocycles. The first kappa shape index (κ1) is 12.6. The van der Waals surface area contributed by atoms with Gasteiger partial charge in [-0.3, -0.25) is 0 Å². The molecule has 0 bridgehead atoms. The molecule has 2 N–H and O–H groups in total. The van der Waals surface area contributed by atoms with E-state index in [1.54, 1.807) is 0 Å². The number of rotatable bonds is 3. The van der Waals surface area contributed by atoms with Crippen LogP contribution in [0.4, 0.5) is 0 Å². The number of halogens is 2. The topological polar surface area (TPSA) is 35.2 Å². The van der Waals surface area contributed by atoms with E-state index in [-0.39, 0.29) is 17.9 Å². The molecule has 0 spiro atoms. The van der Waals surface area contributed by atoms with Crippen molar-refractivity contribution in [1.82, 2.24) is 0 Å². The third kappa shape index (κ3) is 3.26. The second kappa shape index (κ2) is 4.60. The van der Waals surface area contributed by atoms with Crippen molar-refractivity contribution in [3.63, 3.8) is 0 Å². The van der Waals surface area contributed by atoms with Gasteiger partial charge in [-0.2, -0.15) is 0 Å². The molecule has 0 amide bonds. The molecule has 2 nitrogen and oxygen atoms in total. The van der Waals surface area contributed by atoms with E-state index in [0.717, 1.165) is 29.2 Å². The SMILES string of the molecule is Cc1ccc(OCC2(N)CC2)cc1Cl.Cl. The summed E-state index contributed by atoms with van der Waals surface area (Å²) < 4.78 is 5.56. The fourth-order valence-corrected chi connectivity index (χ4v) is 1.37. The normalized spacial score (nSPS) is 16.7. The van der Waals surface area contributed by atoms with Gasteiger partial charge in [-0.05, 0) is 37.5 Å². The van der Waals surface area contributed by atoms with Gasteiger partial charge in [0.25, 0.3) is 0 Å². The minimum absolute atomic E-state index is 0. The molecule has 0 heterocycles. The Labute approximate surface area is 101 Å². The predicted molar refractivity (Wildman–Crippen MR) is 65.1 cm³/mol. The molecule has 15 heavy (non-hydrogen) atoms. The summed E-state index contributed by atoms with van der Waals surface area (Å²) in [5, 5.41) is 0.740. The third-order valence-electron chi connectivity index (χ3n) is 2.56. The van der Waals surface area contributed by atoms with Crippen LogP contribution in [0.15, 0.2) is 18.2 Å².